The van der Waals surface area contributed by atoms with E-state index in [4.69, 9.17) is 11.6 Å². The summed E-state index contributed by atoms with van der Waals surface area (Å²) in [5.74, 6) is -1.91. The van der Waals surface area contributed by atoms with Gasteiger partial charge in [0.05, 0.1) is 6.04 Å². The van der Waals surface area contributed by atoms with Crippen LogP contribution in [0.15, 0.2) is 66.7 Å². The molecule has 1 atom stereocenters. The average Bonchev–Trinajstić information content (AvgIpc) is 2.84. The molecule has 7 heteroatoms. The van der Waals surface area contributed by atoms with E-state index in [1.807, 2.05) is 0 Å². The average molecular weight is 413 g/mol. The summed E-state index contributed by atoms with van der Waals surface area (Å²) in [4.78, 5) is 27.1. The molecule has 4 nitrogen and oxygen atoms in total. The fourth-order valence-corrected chi connectivity index (χ4v) is 3.64. The summed E-state index contributed by atoms with van der Waals surface area (Å²) in [5, 5.41) is 3.19. The minimum absolute atomic E-state index is 0.107. The predicted octanol–water partition coefficient (Wildman–Crippen LogP) is 4.80. The lowest BCUT2D eigenvalue weighted by atomic mass is 9.95. The van der Waals surface area contributed by atoms with Crippen molar-refractivity contribution in [3.05, 3.63) is 100 Å². The van der Waals surface area contributed by atoms with Crippen molar-refractivity contribution in [3.8, 4) is 0 Å². The number of amides is 2. The standard InChI is InChI=1S/C22H15ClF2N2O2/c23-15-6-9-19-18(11-15)21(13-4-7-16(24)8-5-13)27(12-20(28)26-19)22(29)14-2-1-3-17(25)10-14/h1-11,21H,12H2,(H,26,28)/t21-/m1/s1. The van der Waals surface area contributed by atoms with E-state index in [-0.39, 0.29) is 12.1 Å². The molecule has 0 saturated heterocycles. The van der Waals surface area contributed by atoms with Gasteiger partial charge in [-0.05, 0) is 54.1 Å². The number of hydrogen-bond donors (Lipinski definition) is 1. The summed E-state index contributed by atoms with van der Waals surface area (Å²) in [6.45, 7) is -0.260. The number of carbonyl (C=O) groups excluding carboxylic acids is 2. The highest BCUT2D eigenvalue weighted by Gasteiger charge is 2.34. The molecule has 1 aliphatic rings. The monoisotopic (exact) mass is 412 g/mol. The van der Waals surface area contributed by atoms with Gasteiger partial charge in [0, 0.05) is 21.8 Å². The first-order valence-electron chi connectivity index (χ1n) is 8.83. The molecule has 146 valence electrons. The van der Waals surface area contributed by atoms with Crippen LogP contribution in [0.1, 0.15) is 27.5 Å². The van der Waals surface area contributed by atoms with Crippen LogP contribution in [-0.2, 0) is 4.79 Å². The summed E-state index contributed by atoms with van der Waals surface area (Å²) in [7, 11) is 0. The van der Waals surface area contributed by atoms with E-state index in [1.165, 1.54) is 35.2 Å². The van der Waals surface area contributed by atoms with Gasteiger partial charge in [0.1, 0.15) is 18.2 Å². The fourth-order valence-electron chi connectivity index (χ4n) is 3.46. The molecule has 0 spiro atoms. The van der Waals surface area contributed by atoms with Crippen LogP contribution in [0, 0.1) is 11.6 Å². The Morgan fingerprint density at radius 2 is 1.76 bits per heavy atom. The highest BCUT2D eigenvalue weighted by atomic mass is 35.5. The van der Waals surface area contributed by atoms with Gasteiger partial charge in [-0.3, -0.25) is 9.59 Å². The van der Waals surface area contributed by atoms with E-state index >= 15 is 0 Å². The molecular formula is C22H15ClF2N2O2. The Balaban J connectivity index is 1.90. The highest BCUT2D eigenvalue weighted by molar-refractivity contribution is 6.30. The number of halogens is 3. The Morgan fingerprint density at radius 1 is 1.00 bits per heavy atom. The summed E-state index contributed by atoms with van der Waals surface area (Å²) < 4.78 is 27.2. The van der Waals surface area contributed by atoms with Crippen LogP contribution in [0.25, 0.3) is 0 Å². The Kier molecular flexibility index (Phi) is 5.03. The molecule has 0 unspecified atom stereocenters. The second-order valence-electron chi connectivity index (χ2n) is 6.68. The van der Waals surface area contributed by atoms with Gasteiger partial charge in [0.2, 0.25) is 5.91 Å². The second kappa shape index (κ2) is 7.64. The molecule has 2 amide bonds. The zero-order valence-corrected chi connectivity index (χ0v) is 15.8. The second-order valence-corrected chi connectivity index (χ2v) is 7.11. The molecule has 29 heavy (non-hydrogen) atoms. The maximum Gasteiger partial charge on any atom is 0.255 e. The molecule has 4 rings (SSSR count). The number of rotatable bonds is 2. The van der Waals surface area contributed by atoms with Crippen molar-refractivity contribution < 1.29 is 18.4 Å². The third-order valence-electron chi connectivity index (χ3n) is 4.73. The normalized spacial score (nSPS) is 16.0. The van der Waals surface area contributed by atoms with Crippen LogP contribution >= 0.6 is 11.6 Å². The first-order valence-corrected chi connectivity index (χ1v) is 9.21. The number of anilines is 1. The van der Waals surface area contributed by atoms with Crippen LogP contribution < -0.4 is 5.32 Å². The number of hydrogen-bond acceptors (Lipinski definition) is 2. The fraction of sp³-hybridized carbons (Fsp3) is 0.0909. The van der Waals surface area contributed by atoms with Crippen LogP contribution in [0.4, 0.5) is 14.5 Å². The van der Waals surface area contributed by atoms with Crippen LogP contribution in [0.2, 0.25) is 5.02 Å². The first-order chi connectivity index (χ1) is 13.9. The minimum atomic E-state index is -0.723. The quantitative estimate of drug-likeness (QED) is 0.657. The van der Waals surface area contributed by atoms with Gasteiger partial charge in [-0.1, -0.05) is 29.8 Å². The number of nitrogens with zero attached hydrogens (tertiary/aromatic N) is 1. The van der Waals surface area contributed by atoms with Crippen molar-refractivity contribution in [3.63, 3.8) is 0 Å². The molecule has 0 saturated carbocycles. The first kappa shape index (κ1) is 19.1. The van der Waals surface area contributed by atoms with Gasteiger partial charge >= 0.3 is 0 Å². The number of nitrogens with one attached hydrogen (secondary N) is 1. The van der Waals surface area contributed by atoms with Gasteiger partial charge in [-0.15, -0.1) is 0 Å². The molecule has 0 bridgehead atoms. The summed E-state index contributed by atoms with van der Waals surface area (Å²) >= 11 is 6.18. The van der Waals surface area contributed by atoms with Crippen molar-refractivity contribution in [2.75, 3.05) is 11.9 Å². The van der Waals surface area contributed by atoms with Crippen molar-refractivity contribution in [1.29, 1.82) is 0 Å². The van der Waals surface area contributed by atoms with Gasteiger partial charge < -0.3 is 10.2 Å². The molecule has 0 radical (unpaired) electrons. The van der Waals surface area contributed by atoms with Crippen molar-refractivity contribution in [1.82, 2.24) is 4.90 Å². The van der Waals surface area contributed by atoms with Gasteiger partial charge in [-0.25, -0.2) is 8.78 Å². The number of fused-ring (bicyclic) bond motifs is 1. The molecular weight excluding hydrogens is 398 g/mol. The summed E-state index contributed by atoms with van der Waals surface area (Å²) in [5.41, 5.74) is 1.79. The summed E-state index contributed by atoms with van der Waals surface area (Å²) in [6, 6.07) is 15.1. The van der Waals surface area contributed by atoms with E-state index in [0.717, 1.165) is 6.07 Å². The molecule has 0 aromatic heterocycles. The van der Waals surface area contributed by atoms with Crippen molar-refractivity contribution >= 4 is 29.1 Å². The van der Waals surface area contributed by atoms with E-state index in [1.54, 1.807) is 30.3 Å². The smallest absolute Gasteiger partial charge is 0.255 e. The highest BCUT2D eigenvalue weighted by Crippen LogP contribution is 2.38. The lowest BCUT2D eigenvalue weighted by Gasteiger charge is -2.30. The third kappa shape index (κ3) is 3.84. The molecule has 3 aromatic rings. The zero-order chi connectivity index (χ0) is 20.5. The lowest BCUT2D eigenvalue weighted by Crippen LogP contribution is -2.39. The van der Waals surface area contributed by atoms with Crippen LogP contribution in [0.3, 0.4) is 0 Å². The third-order valence-corrected chi connectivity index (χ3v) is 4.96. The number of carbonyl (C=O) groups is 2. The molecule has 1 N–H and O–H groups in total. The molecule has 1 heterocycles. The molecule has 1 aliphatic heterocycles. The molecule has 0 fully saturated rings. The van der Waals surface area contributed by atoms with Gasteiger partial charge in [0.25, 0.3) is 5.91 Å². The van der Waals surface area contributed by atoms with Gasteiger partial charge in [-0.2, -0.15) is 0 Å². The van der Waals surface area contributed by atoms with E-state index in [2.05, 4.69) is 5.32 Å². The summed E-state index contributed by atoms with van der Waals surface area (Å²) in [6.07, 6.45) is 0. The van der Waals surface area contributed by atoms with E-state index in [9.17, 15) is 18.4 Å². The van der Waals surface area contributed by atoms with Gasteiger partial charge in [0.15, 0.2) is 0 Å². The zero-order valence-electron chi connectivity index (χ0n) is 15.0. The molecule has 0 aliphatic carbocycles. The van der Waals surface area contributed by atoms with E-state index < -0.39 is 29.5 Å². The Labute approximate surface area is 170 Å². The van der Waals surface area contributed by atoms with Crippen molar-refractivity contribution in [2.45, 2.75) is 6.04 Å². The predicted molar refractivity (Wildman–Crippen MR) is 106 cm³/mol. The largest absolute Gasteiger partial charge is 0.324 e. The van der Waals surface area contributed by atoms with Crippen molar-refractivity contribution in [2.24, 2.45) is 0 Å². The Morgan fingerprint density at radius 3 is 2.48 bits per heavy atom. The SMILES string of the molecule is O=C1CN(C(=O)c2cccc(F)c2)[C@H](c2ccc(F)cc2)c2cc(Cl)ccc2N1. The minimum Gasteiger partial charge on any atom is -0.324 e. The topological polar surface area (TPSA) is 49.4 Å². The molecule has 3 aromatic carbocycles. The van der Waals surface area contributed by atoms with Crippen LogP contribution in [0.5, 0.6) is 0 Å². The number of benzene rings is 3. The Hall–Kier alpha value is -3.25. The van der Waals surface area contributed by atoms with Crippen LogP contribution in [-0.4, -0.2) is 23.3 Å². The maximum absolute atomic E-state index is 13.7. The Bertz CT molecular complexity index is 1100. The lowest BCUT2D eigenvalue weighted by molar-refractivity contribution is -0.117. The maximum atomic E-state index is 13.7. The van der Waals surface area contributed by atoms with E-state index in [0.29, 0.717) is 21.8 Å².